The summed E-state index contributed by atoms with van der Waals surface area (Å²) < 4.78 is 0. The van der Waals surface area contributed by atoms with Crippen molar-refractivity contribution in [3.8, 4) is 0 Å². The van der Waals surface area contributed by atoms with E-state index in [1.807, 2.05) is 0 Å². The highest BCUT2D eigenvalue weighted by atomic mass is 16.4. The molecule has 17 heavy (non-hydrogen) atoms. The maximum absolute atomic E-state index is 10.6. The van der Waals surface area contributed by atoms with Crippen molar-refractivity contribution in [2.45, 2.75) is 70.2 Å². The molecule has 3 heteroatoms. The van der Waals surface area contributed by atoms with Crippen molar-refractivity contribution >= 4 is 0 Å². The van der Waals surface area contributed by atoms with Crippen molar-refractivity contribution in [2.75, 3.05) is 0 Å². The zero-order valence-electron chi connectivity index (χ0n) is 11.2. The molecule has 0 aromatic heterocycles. The highest BCUT2D eigenvalue weighted by Gasteiger charge is 2.51. The van der Waals surface area contributed by atoms with Crippen molar-refractivity contribution in [2.24, 2.45) is 17.8 Å². The van der Waals surface area contributed by atoms with Crippen LogP contribution in [0, 0.1) is 17.8 Å². The van der Waals surface area contributed by atoms with Gasteiger partial charge in [0, 0.05) is 0 Å². The van der Waals surface area contributed by atoms with Gasteiger partial charge in [-0.3, -0.25) is 0 Å². The van der Waals surface area contributed by atoms with Crippen LogP contribution in [0.15, 0.2) is 0 Å². The average molecular weight is 242 g/mol. The summed E-state index contributed by atoms with van der Waals surface area (Å²) in [6.45, 7) is 5.59. The molecule has 3 nitrogen and oxygen atoms in total. The first-order valence-electron chi connectivity index (χ1n) is 6.87. The van der Waals surface area contributed by atoms with E-state index >= 15 is 0 Å². The van der Waals surface area contributed by atoms with Crippen molar-refractivity contribution in [3.63, 3.8) is 0 Å². The average Bonchev–Trinajstić information content (AvgIpc) is 2.22. The molecule has 2 rings (SSSR count). The first kappa shape index (κ1) is 13.3. The van der Waals surface area contributed by atoms with Crippen LogP contribution < -0.4 is 0 Å². The fourth-order valence-electron chi connectivity index (χ4n) is 3.78. The lowest BCUT2D eigenvalue weighted by atomic mass is 9.58. The van der Waals surface area contributed by atoms with Crippen LogP contribution >= 0.6 is 0 Å². The summed E-state index contributed by atoms with van der Waals surface area (Å²) in [6.07, 6.45) is 3.77. The highest BCUT2D eigenvalue weighted by Crippen LogP contribution is 2.49. The lowest BCUT2D eigenvalue weighted by Crippen LogP contribution is -2.57. The molecule has 0 amide bonds. The number of rotatable bonds is 1. The Morgan fingerprint density at radius 3 is 2.35 bits per heavy atom. The normalized spacial score (nSPS) is 47.6. The van der Waals surface area contributed by atoms with E-state index in [0.29, 0.717) is 30.6 Å². The topological polar surface area (TPSA) is 60.7 Å². The number of aliphatic hydroxyl groups is 3. The van der Waals surface area contributed by atoms with Crippen LogP contribution in [0.5, 0.6) is 0 Å². The van der Waals surface area contributed by atoms with E-state index in [-0.39, 0.29) is 6.10 Å². The molecule has 0 aromatic carbocycles. The number of hydrogen-bond acceptors (Lipinski definition) is 3. The SMILES string of the molecule is CC1CC[C@H](O)C2CC[C@](O)(C(C)(C)O)CC12. The molecular weight excluding hydrogens is 216 g/mol. The minimum Gasteiger partial charge on any atom is -0.393 e. The Balaban J connectivity index is 2.17. The zero-order valence-corrected chi connectivity index (χ0v) is 11.2. The molecule has 0 aromatic rings. The summed E-state index contributed by atoms with van der Waals surface area (Å²) in [4.78, 5) is 0. The van der Waals surface area contributed by atoms with E-state index in [9.17, 15) is 15.3 Å². The van der Waals surface area contributed by atoms with Gasteiger partial charge in [-0.1, -0.05) is 6.92 Å². The Bertz CT molecular complexity index is 284. The van der Waals surface area contributed by atoms with Gasteiger partial charge in [0.15, 0.2) is 0 Å². The maximum Gasteiger partial charge on any atom is 0.0930 e. The molecule has 3 N–H and O–H groups in total. The minimum atomic E-state index is -1.06. The number of aliphatic hydroxyl groups excluding tert-OH is 1. The second kappa shape index (κ2) is 4.22. The Kier molecular flexibility index (Phi) is 3.30. The van der Waals surface area contributed by atoms with Crippen LogP contribution in [0.2, 0.25) is 0 Å². The molecule has 0 saturated heterocycles. The number of hydrogen-bond donors (Lipinski definition) is 3. The summed E-state index contributed by atoms with van der Waals surface area (Å²) in [5.74, 6) is 1.21. The fraction of sp³-hybridized carbons (Fsp3) is 1.00. The molecule has 2 aliphatic carbocycles. The summed E-state index contributed by atoms with van der Waals surface area (Å²) >= 11 is 0. The van der Waals surface area contributed by atoms with Gasteiger partial charge < -0.3 is 15.3 Å². The van der Waals surface area contributed by atoms with Gasteiger partial charge in [0.2, 0.25) is 0 Å². The molecule has 3 unspecified atom stereocenters. The van der Waals surface area contributed by atoms with Gasteiger partial charge in [0.1, 0.15) is 0 Å². The Labute approximate surface area is 104 Å². The molecular formula is C14H26O3. The lowest BCUT2D eigenvalue weighted by Gasteiger charge is -2.52. The van der Waals surface area contributed by atoms with Gasteiger partial charge in [-0.2, -0.15) is 0 Å². The van der Waals surface area contributed by atoms with Crippen molar-refractivity contribution in [1.82, 2.24) is 0 Å². The van der Waals surface area contributed by atoms with Crippen LogP contribution in [0.4, 0.5) is 0 Å². The quantitative estimate of drug-likeness (QED) is 0.656. The fourth-order valence-corrected chi connectivity index (χ4v) is 3.78. The molecule has 2 fully saturated rings. The molecule has 0 aliphatic heterocycles. The Hall–Kier alpha value is -0.120. The smallest absolute Gasteiger partial charge is 0.0930 e. The van der Waals surface area contributed by atoms with Crippen LogP contribution in [0.3, 0.4) is 0 Å². The van der Waals surface area contributed by atoms with E-state index in [0.717, 1.165) is 19.3 Å². The zero-order chi connectivity index (χ0) is 12.8. The molecule has 0 spiro atoms. The third kappa shape index (κ3) is 2.25. The van der Waals surface area contributed by atoms with Gasteiger partial charge in [-0.05, 0) is 63.7 Å². The van der Waals surface area contributed by atoms with E-state index in [4.69, 9.17) is 0 Å². The Morgan fingerprint density at radius 2 is 1.76 bits per heavy atom. The summed E-state index contributed by atoms with van der Waals surface area (Å²) in [7, 11) is 0. The largest absolute Gasteiger partial charge is 0.393 e. The second-order valence-electron chi connectivity index (χ2n) is 6.78. The molecule has 5 atom stereocenters. The third-order valence-corrected chi connectivity index (χ3v) is 5.30. The molecule has 0 heterocycles. The highest BCUT2D eigenvalue weighted by molar-refractivity contribution is 5.03. The predicted octanol–water partition coefficient (Wildman–Crippen LogP) is 1.70. The summed E-state index contributed by atoms with van der Waals surface area (Å²) in [6, 6.07) is 0. The standard InChI is InChI=1S/C14H26O3/c1-9-4-5-12(15)10-6-7-14(17,8-11(9)10)13(2,3)16/h9-12,15-17H,4-8H2,1-3H3/t9?,10?,11?,12-,14+/m0/s1. The molecule has 100 valence electrons. The Morgan fingerprint density at radius 1 is 1.12 bits per heavy atom. The van der Waals surface area contributed by atoms with Crippen LogP contribution in [0.25, 0.3) is 0 Å². The molecule has 0 radical (unpaired) electrons. The molecule has 0 bridgehead atoms. The summed E-state index contributed by atoms with van der Waals surface area (Å²) in [5.41, 5.74) is -2.04. The van der Waals surface area contributed by atoms with E-state index in [1.54, 1.807) is 13.8 Å². The van der Waals surface area contributed by atoms with E-state index in [2.05, 4.69) is 6.92 Å². The lowest BCUT2D eigenvalue weighted by molar-refractivity contribution is -0.182. The third-order valence-electron chi connectivity index (χ3n) is 5.30. The van der Waals surface area contributed by atoms with Crippen LogP contribution in [-0.4, -0.2) is 32.6 Å². The maximum atomic E-state index is 10.6. The van der Waals surface area contributed by atoms with Gasteiger partial charge >= 0.3 is 0 Å². The van der Waals surface area contributed by atoms with Crippen LogP contribution in [0.1, 0.15) is 52.9 Å². The van der Waals surface area contributed by atoms with Gasteiger partial charge in [-0.15, -0.1) is 0 Å². The predicted molar refractivity (Wildman–Crippen MR) is 66.5 cm³/mol. The first-order valence-corrected chi connectivity index (χ1v) is 6.87. The first-order chi connectivity index (χ1) is 7.74. The van der Waals surface area contributed by atoms with Crippen LogP contribution in [-0.2, 0) is 0 Å². The van der Waals surface area contributed by atoms with Gasteiger partial charge in [-0.25, -0.2) is 0 Å². The number of fused-ring (bicyclic) bond motifs is 1. The van der Waals surface area contributed by atoms with Crippen molar-refractivity contribution < 1.29 is 15.3 Å². The molecule has 2 saturated carbocycles. The van der Waals surface area contributed by atoms with E-state index in [1.165, 1.54) is 0 Å². The molecule has 2 aliphatic rings. The van der Waals surface area contributed by atoms with Gasteiger partial charge in [0.25, 0.3) is 0 Å². The minimum absolute atomic E-state index is 0.206. The monoisotopic (exact) mass is 242 g/mol. The second-order valence-corrected chi connectivity index (χ2v) is 6.78. The van der Waals surface area contributed by atoms with Gasteiger partial charge in [0.05, 0.1) is 17.3 Å². The van der Waals surface area contributed by atoms with E-state index < -0.39 is 11.2 Å². The van der Waals surface area contributed by atoms with Crippen molar-refractivity contribution in [1.29, 1.82) is 0 Å². The van der Waals surface area contributed by atoms with Crippen molar-refractivity contribution in [3.05, 3.63) is 0 Å². The summed E-state index contributed by atoms with van der Waals surface area (Å²) in [5, 5.41) is 30.8.